The second-order valence-corrected chi connectivity index (χ2v) is 8.26. The van der Waals surface area contributed by atoms with Gasteiger partial charge in [0.25, 0.3) is 0 Å². The molecule has 0 saturated heterocycles. The van der Waals surface area contributed by atoms with Gasteiger partial charge in [-0.3, -0.25) is 9.89 Å². The Bertz CT molecular complexity index is 1270. The highest BCUT2D eigenvalue weighted by Gasteiger charge is 2.09. The van der Waals surface area contributed by atoms with E-state index in [2.05, 4.69) is 48.1 Å². The molecule has 0 spiro atoms. The average molecular weight is 477 g/mol. The molecule has 0 unspecified atom stereocenters. The van der Waals surface area contributed by atoms with Crippen LogP contribution < -0.4 is 21.1 Å². The van der Waals surface area contributed by atoms with Gasteiger partial charge in [0.15, 0.2) is 11.6 Å². The number of H-pyrrole nitrogens is 1. The smallest absolute Gasteiger partial charge is 0.224 e. The van der Waals surface area contributed by atoms with E-state index in [-0.39, 0.29) is 12.5 Å². The molecule has 0 aliphatic carbocycles. The Balaban J connectivity index is 1.29. The summed E-state index contributed by atoms with van der Waals surface area (Å²) in [6.45, 7) is 4.34. The molecule has 1 aromatic carbocycles. The van der Waals surface area contributed by atoms with Crippen LogP contribution in [0.2, 0.25) is 0 Å². The SMILES string of the molecule is CC(C)Oc1cccc(CCc2cc(Nc3ccnc(NCc4cc(CC(N)=O)no4)n3)n[nH]2)c1. The van der Waals surface area contributed by atoms with Crippen molar-refractivity contribution in [3.63, 3.8) is 0 Å². The maximum atomic E-state index is 11.0. The molecule has 0 bridgehead atoms. The standard InChI is InChI=1S/C24H28N8O3/c1-15(2)34-19-5-3-4-16(10-19)6-7-17-13-23(31-30-17)28-22-8-9-26-24(29-22)27-14-20-11-18(32-35-20)12-21(25)33/h3-5,8-11,13,15H,6-7,12,14H2,1-2H3,(H2,25,33)(H3,26,27,28,29,30,31). The van der Waals surface area contributed by atoms with Gasteiger partial charge in [-0.2, -0.15) is 10.1 Å². The molecule has 0 atom stereocenters. The second kappa shape index (κ2) is 11.1. The molecule has 182 valence electrons. The van der Waals surface area contributed by atoms with Gasteiger partial charge < -0.3 is 25.6 Å². The van der Waals surface area contributed by atoms with Gasteiger partial charge in [0, 0.05) is 24.0 Å². The van der Waals surface area contributed by atoms with Crippen LogP contribution in [-0.2, 0) is 30.6 Å². The largest absolute Gasteiger partial charge is 0.491 e. The van der Waals surface area contributed by atoms with Gasteiger partial charge in [0.2, 0.25) is 11.9 Å². The quantitative estimate of drug-likeness (QED) is 0.241. The number of ether oxygens (including phenoxy) is 1. The Hall–Kier alpha value is -4.41. The van der Waals surface area contributed by atoms with Crippen LogP contribution >= 0.6 is 0 Å². The van der Waals surface area contributed by atoms with Crippen molar-refractivity contribution in [1.29, 1.82) is 0 Å². The Labute approximate surface area is 202 Å². The maximum Gasteiger partial charge on any atom is 0.224 e. The number of hydrogen-bond acceptors (Lipinski definition) is 9. The van der Waals surface area contributed by atoms with Gasteiger partial charge in [-0.15, -0.1) is 0 Å². The minimum Gasteiger partial charge on any atom is -0.491 e. The van der Waals surface area contributed by atoms with Gasteiger partial charge in [-0.05, 0) is 50.5 Å². The van der Waals surface area contributed by atoms with Crippen LogP contribution in [-0.4, -0.2) is 37.3 Å². The van der Waals surface area contributed by atoms with Crippen LogP contribution in [0.4, 0.5) is 17.6 Å². The van der Waals surface area contributed by atoms with E-state index in [1.807, 2.05) is 32.0 Å². The summed E-state index contributed by atoms with van der Waals surface area (Å²) in [4.78, 5) is 19.6. The third kappa shape index (κ3) is 7.29. The minimum absolute atomic E-state index is 0.0317. The number of aromatic nitrogens is 5. The van der Waals surface area contributed by atoms with Gasteiger partial charge in [0.1, 0.15) is 11.6 Å². The summed E-state index contributed by atoms with van der Waals surface area (Å²) >= 11 is 0. The van der Waals surface area contributed by atoms with E-state index in [9.17, 15) is 4.79 Å². The summed E-state index contributed by atoms with van der Waals surface area (Å²) in [6.07, 6.45) is 3.49. The predicted octanol–water partition coefficient (Wildman–Crippen LogP) is 3.14. The highest BCUT2D eigenvalue weighted by atomic mass is 16.5. The van der Waals surface area contributed by atoms with Crippen molar-refractivity contribution < 1.29 is 14.1 Å². The van der Waals surface area contributed by atoms with E-state index in [0.717, 1.165) is 24.3 Å². The monoisotopic (exact) mass is 476 g/mol. The fraction of sp³-hybridized carbons (Fsp3) is 0.292. The number of nitrogens with two attached hydrogens (primary N) is 1. The molecule has 0 aliphatic rings. The number of rotatable bonds is 12. The number of anilines is 3. The van der Waals surface area contributed by atoms with E-state index in [1.165, 1.54) is 5.56 Å². The molecule has 0 saturated carbocycles. The van der Waals surface area contributed by atoms with Crippen molar-refractivity contribution in [2.45, 2.75) is 45.8 Å². The number of carbonyl (C=O) groups is 1. The van der Waals surface area contributed by atoms with E-state index in [4.69, 9.17) is 15.0 Å². The van der Waals surface area contributed by atoms with Crippen LogP contribution in [0, 0.1) is 0 Å². The molecule has 4 aromatic rings. The topological polar surface area (TPSA) is 157 Å². The van der Waals surface area contributed by atoms with Gasteiger partial charge in [0.05, 0.1) is 24.8 Å². The molecule has 11 nitrogen and oxygen atoms in total. The molecule has 3 heterocycles. The van der Waals surface area contributed by atoms with Crippen LogP contribution in [0.1, 0.15) is 36.6 Å². The fourth-order valence-corrected chi connectivity index (χ4v) is 3.39. The first-order valence-corrected chi connectivity index (χ1v) is 11.3. The number of primary amides is 1. The van der Waals surface area contributed by atoms with Gasteiger partial charge in [-0.25, -0.2) is 4.98 Å². The molecular weight excluding hydrogens is 448 g/mol. The molecular formula is C24H28N8O3. The van der Waals surface area contributed by atoms with Crippen molar-refractivity contribution in [2.24, 2.45) is 5.73 Å². The number of hydrogen-bond donors (Lipinski definition) is 4. The number of nitrogens with zero attached hydrogens (tertiary/aromatic N) is 4. The first-order valence-electron chi connectivity index (χ1n) is 11.3. The average Bonchev–Trinajstić information content (AvgIpc) is 3.45. The van der Waals surface area contributed by atoms with Gasteiger partial charge in [-0.1, -0.05) is 17.3 Å². The predicted molar refractivity (Wildman–Crippen MR) is 130 cm³/mol. The molecule has 0 fully saturated rings. The van der Waals surface area contributed by atoms with Crippen molar-refractivity contribution in [1.82, 2.24) is 25.3 Å². The lowest BCUT2D eigenvalue weighted by Gasteiger charge is -2.10. The molecule has 5 N–H and O–H groups in total. The summed E-state index contributed by atoms with van der Waals surface area (Å²) in [6, 6.07) is 13.5. The fourth-order valence-electron chi connectivity index (χ4n) is 3.39. The van der Waals surface area contributed by atoms with E-state index in [1.54, 1.807) is 18.3 Å². The summed E-state index contributed by atoms with van der Waals surface area (Å²) < 4.78 is 11.0. The number of amides is 1. The number of benzene rings is 1. The maximum absolute atomic E-state index is 11.0. The highest BCUT2D eigenvalue weighted by Crippen LogP contribution is 2.18. The Morgan fingerprint density at radius 2 is 2.06 bits per heavy atom. The van der Waals surface area contributed by atoms with Crippen LogP contribution in [0.25, 0.3) is 0 Å². The Morgan fingerprint density at radius 3 is 2.89 bits per heavy atom. The summed E-state index contributed by atoms with van der Waals surface area (Å²) in [7, 11) is 0. The van der Waals surface area contributed by atoms with Crippen molar-refractivity contribution in [2.75, 3.05) is 10.6 Å². The first kappa shape index (κ1) is 23.7. The van der Waals surface area contributed by atoms with Gasteiger partial charge >= 0.3 is 0 Å². The number of carbonyl (C=O) groups excluding carboxylic acids is 1. The molecule has 35 heavy (non-hydrogen) atoms. The third-order valence-electron chi connectivity index (χ3n) is 4.88. The van der Waals surface area contributed by atoms with E-state index in [0.29, 0.717) is 35.6 Å². The van der Waals surface area contributed by atoms with Crippen molar-refractivity contribution in [3.05, 3.63) is 71.4 Å². The summed E-state index contributed by atoms with van der Waals surface area (Å²) in [5.74, 6) is 2.61. The molecule has 3 aromatic heterocycles. The van der Waals surface area contributed by atoms with Crippen LogP contribution in [0.5, 0.6) is 5.75 Å². The normalized spacial score (nSPS) is 10.9. The van der Waals surface area contributed by atoms with E-state index < -0.39 is 5.91 Å². The van der Waals surface area contributed by atoms with Crippen LogP contribution in [0.15, 0.2) is 53.2 Å². The first-order chi connectivity index (χ1) is 16.9. The molecule has 0 radical (unpaired) electrons. The number of aromatic amines is 1. The zero-order valence-corrected chi connectivity index (χ0v) is 19.6. The Morgan fingerprint density at radius 1 is 1.17 bits per heavy atom. The van der Waals surface area contributed by atoms with E-state index >= 15 is 0 Å². The molecule has 1 amide bonds. The highest BCUT2D eigenvalue weighted by molar-refractivity contribution is 5.76. The molecule has 4 rings (SSSR count). The van der Waals surface area contributed by atoms with Crippen molar-refractivity contribution >= 4 is 23.5 Å². The Kier molecular flexibility index (Phi) is 7.56. The number of nitrogens with one attached hydrogen (secondary N) is 3. The lowest BCUT2D eigenvalue weighted by Crippen LogP contribution is -2.13. The summed E-state index contributed by atoms with van der Waals surface area (Å²) in [5, 5.41) is 17.4. The lowest BCUT2D eigenvalue weighted by atomic mass is 10.1. The molecule has 11 heteroatoms. The van der Waals surface area contributed by atoms with Crippen molar-refractivity contribution in [3.8, 4) is 5.75 Å². The zero-order chi connectivity index (χ0) is 24.6. The second-order valence-electron chi connectivity index (χ2n) is 8.26. The van der Waals surface area contributed by atoms with Crippen LogP contribution in [0.3, 0.4) is 0 Å². The molecule has 0 aliphatic heterocycles. The number of aryl methyl sites for hydroxylation is 2. The zero-order valence-electron chi connectivity index (χ0n) is 19.6. The third-order valence-corrected chi connectivity index (χ3v) is 4.88. The minimum atomic E-state index is -0.466. The lowest BCUT2D eigenvalue weighted by molar-refractivity contribution is -0.117. The summed E-state index contributed by atoms with van der Waals surface area (Å²) in [5.41, 5.74) is 7.86.